The largest absolute Gasteiger partial charge is 0.383 e. The SMILES string of the molecule is COCCn1c(SCC(=O)Nc2ccc(C#N)cc2)nc2sc3c(c2c1=O)CCCC3. The Morgan fingerprint density at radius 3 is 2.84 bits per heavy atom. The van der Waals surface area contributed by atoms with Gasteiger partial charge in [0.25, 0.3) is 5.56 Å². The highest BCUT2D eigenvalue weighted by Gasteiger charge is 2.22. The number of hydrogen-bond acceptors (Lipinski definition) is 7. The van der Waals surface area contributed by atoms with Crippen LogP contribution >= 0.6 is 23.1 Å². The number of aromatic nitrogens is 2. The van der Waals surface area contributed by atoms with E-state index in [1.165, 1.54) is 16.6 Å². The molecule has 0 unspecified atom stereocenters. The maximum atomic E-state index is 13.3. The zero-order valence-corrected chi connectivity index (χ0v) is 18.8. The summed E-state index contributed by atoms with van der Waals surface area (Å²) in [5.74, 6) is -0.0800. The Balaban J connectivity index is 1.57. The van der Waals surface area contributed by atoms with Gasteiger partial charge in [0, 0.05) is 17.7 Å². The van der Waals surface area contributed by atoms with Gasteiger partial charge >= 0.3 is 0 Å². The molecule has 0 aliphatic heterocycles. The smallest absolute Gasteiger partial charge is 0.263 e. The lowest BCUT2D eigenvalue weighted by Gasteiger charge is -2.13. The summed E-state index contributed by atoms with van der Waals surface area (Å²) >= 11 is 2.85. The Labute approximate surface area is 188 Å². The molecule has 31 heavy (non-hydrogen) atoms. The van der Waals surface area contributed by atoms with E-state index >= 15 is 0 Å². The molecule has 0 saturated carbocycles. The van der Waals surface area contributed by atoms with Gasteiger partial charge in [-0.05, 0) is 55.5 Å². The molecule has 3 aromatic rings. The van der Waals surface area contributed by atoms with E-state index in [9.17, 15) is 9.59 Å². The number of thioether (sulfide) groups is 1. The first kappa shape index (κ1) is 21.6. The fourth-order valence-electron chi connectivity index (χ4n) is 3.67. The Kier molecular flexibility index (Phi) is 6.70. The van der Waals surface area contributed by atoms with Crippen LogP contribution < -0.4 is 10.9 Å². The predicted octanol–water partition coefficient (Wildman–Crippen LogP) is 3.59. The lowest BCUT2D eigenvalue weighted by Crippen LogP contribution is -2.26. The second kappa shape index (κ2) is 9.64. The van der Waals surface area contributed by atoms with Crippen LogP contribution in [-0.4, -0.2) is 34.9 Å². The molecule has 7 nitrogen and oxygen atoms in total. The van der Waals surface area contributed by atoms with Crippen LogP contribution in [-0.2, 0) is 28.9 Å². The quantitative estimate of drug-likeness (QED) is 0.433. The van der Waals surface area contributed by atoms with Crippen molar-refractivity contribution in [2.75, 3.05) is 24.8 Å². The third-order valence-corrected chi connectivity index (χ3v) is 7.35. The van der Waals surface area contributed by atoms with Crippen LogP contribution in [0.5, 0.6) is 0 Å². The summed E-state index contributed by atoms with van der Waals surface area (Å²) in [4.78, 5) is 32.6. The van der Waals surface area contributed by atoms with Crippen molar-refractivity contribution in [1.29, 1.82) is 5.26 Å². The molecule has 0 radical (unpaired) electrons. The van der Waals surface area contributed by atoms with Gasteiger partial charge in [-0.3, -0.25) is 14.2 Å². The van der Waals surface area contributed by atoms with Gasteiger partial charge in [-0.25, -0.2) is 4.98 Å². The Hall–Kier alpha value is -2.67. The highest BCUT2D eigenvalue weighted by molar-refractivity contribution is 7.99. The molecule has 1 amide bonds. The highest BCUT2D eigenvalue weighted by atomic mass is 32.2. The van der Waals surface area contributed by atoms with Crippen molar-refractivity contribution in [3.63, 3.8) is 0 Å². The van der Waals surface area contributed by atoms with Crippen molar-refractivity contribution in [1.82, 2.24) is 9.55 Å². The zero-order valence-electron chi connectivity index (χ0n) is 17.1. The number of rotatable bonds is 7. The summed E-state index contributed by atoms with van der Waals surface area (Å²) < 4.78 is 6.82. The summed E-state index contributed by atoms with van der Waals surface area (Å²) in [5.41, 5.74) is 2.27. The topological polar surface area (TPSA) is 97.0 Å². The average molecular weight is 455 g/mol. The molecule has 4 rings (SSSR count). The molecule has 0 spiro atoms. The van der Waals surface area contributed by atoms with Crippen molar-refractivity contribution in [3.05, 3.63) is 50.6 Å². The van der Waals surface area contributed by atoms with Crippen LogP contribution in [0.1, 0.15) is 28.8 Å². The van der Waals surface area contributed by atoms with Gasteiger partial charge in [-0.15, -0.1) is 11.3 Å². The van der Waals surface area contributed by atoms with Gasteiger partial charge in [-0.2, -0.15) is 5.26 Å². The number of nitriles is 1. The van der Waals surface area contributed by atoms with E-state index in [0.717, 1.165) is 41.5 Å². The van der Waals surface area contributed by atoms with Crippen LogP contribution in [0.3, 0.4) is 0 Å². The molecule has 0 saturated heterocycles. The molecule has 0 bridgehead atoms. The molecule has 2 aromatic heterocycles. The first-order valence-electron chi connectivity index (χ1n) is 10.1. The second-order valence-electron chi connectivity index (χ2n) is 7.26. The van der Waals surface area contributed by atoms with Gasteiger partial charge < -0.3 is 10.1 Å². The van der Waals surface area contributed by atoms with Crippen LogP contribution in [0.15, 0.2) is 34.2 Å². The van der Waals surface area contributed by atoms with Crippen LogP contribution in [0.2, 0.25) is 0 Å². The number of amides is 1. The number of nitrogens with one attached hydrogen (secondary N) is 1. The van der Waals surface area contributed by atoms with Crippen molar-refractivity contribution >= 4 is 44.9 Å². The average Bonchev–Trinajstić information content (AvgIpc) is 3.16. The summed E-state index contributed by atoms with van der Waals surface area (Å²) in [5, 5.41) is 13.0. The van der Waals surface area contributed by atoms with E-state index in [-0.39, 0.29) is 17.2 Å². The molecule has 0 fully saturated rings. The van der Waals surface area contributed by atoms with E-state index in [4.69, 9.17) is 15.0 Å². The molecule has 1 N–H and O–H groups in total. The first-order chi connectivity index (χ1) is 15.1. The number of carbonyl (C=O) groups is 1. The molecule has 160 valence electrons. The third-order valence-electron chi connectivity index (χ3n) is 5.19. The summed E-state index contributed by atoms with van der Waals surface area (Å²) in [7, 11) is 1.60. The van der Waals surface area contributed by atoms with E-state index < -0.39 is 0 Å². The number of aryl methyl sites for hydroxylation is 2. The number of hydrogen-bond donors (Lipinski definition) is 1. The fourth-order valence-corrected chi connectivity index (χ4v) is 5.79. The summed E-state index contributed by atoms with van der Waals surface area (Å²) in [6.07, 6.45) is 4.18. The van der Waals surface area contributed by atoms with Crippen LogP contribution in [0.4, 0.5) is 5.69 Å². The molecule has 1 aliphatic carbocycles. The van der Waals surface area contributed by atoms with Gasteiger partial charge in [0.05, 0.1) is 35.9 Å². The van der Waals surface area contributed by atoms with Gasteiger partial charge in [0.1, 0.15) is 4.83 Å². The Bertz CT molecular complexity index is 1210. The third kappa shape index (κ3) is 4.66. The minimum Gasteiger partial charge on any atom is -0.383 e. The van der Waals surface area contributed by atoms with E-state index in [0.29, 0.717) is 29.6 Å². The van der Waals surface area contributed by atoms with E-state index in [1.807, 2.05) is 6.07 Å². The number of fused-ring (bicyclic) bond motifs is 3. The molecule has 2 heterocycles. The van der Waals surface area contributed by atoms with Crippen molar-refractivity contribution in [2.45, 2.75) is 37.4 Å². The van der Waals surface area contributed by atoms with Crippen LogP contribution in [0.25, 0.3) is 10.2 Å². The number of nitrogens with zero attached hydrogens (tertiary/aromatic N) is 3. The maximum Gasteiger partial charge on any atom is 0.263 e. The van der Waals surface area contributed by atoms with Gasteiger partial charge in [0.15, 0.2) is 5.16 Å². The molecule has 0 atom stereocenters. The van der Waals surface area contributed by atoms with Crippen LogP contribution in [0, 0.1) is 11.3 Å². The van der Waals surface area contributed by atoms with Gasteiger partial charge in [-0.1, -0.05) is 11.8 Å². The minimum absolute atomic E-state index is 0.0450. The van der Waals surface area contributed by atoms with Crippen molar-refractivity contribution < 1.29 is 9.53 Å². The number of anilines is 1. The lowest BCUT2D eigenvalue weighted by molar-refractivity contribution is -0.113. The highest BCUT2D eigenvalue weighted by Crippen LogP contribution is 2.34. The Morgan fingerprint density at radius 1 is 1.32 bits per heavy atom. The van der Waals surface area contributed by atoms with Crippen molar-refractivity contribution in [2.24, 2.45) is 0 Å². The van der Waals surface area contributed by atoms with Gasteiger partial charge in [0.2, 0.25) is 5.91 Å². The molecule has 9 heteroatoms. The Morgan fingerprint density at radius 2 is 2.10 bits per heavy atom. The van der Waals surface area contributed by atoms with E-state index in [2.05, 4.69) is 5.32 Å². The molecular weight excluding hydrogens is 432 g/mol. The summed E-state index contributed by atoms with van der Waals surface area (Å²) in [6, 6.07) is 8.73. The minimum atomic E-state index is -0.201. The number of carbonyl (C=O) groups excluding carboxylic acids is 1. The van der Waals surface area contributed by atoms with Crippen molar-refractivity contribution in [3.8, 4) is 6.07 Å². The number of methoxy groups -OCH3 is 1. The fraction of sp³-hybridized carbons (Fsp3) is 0.364. The molecule has 1 aromatic carbocycles. The molecular formula is C22H22N4O3S2. The number of benzene rings is 1. The standard InChI is InChI=1S/C22H22N4O3S2/c1-29-11-10-26-21(28)19-16-4-2-3-5-17(16)31-20(19)25-22(26)30-13-18(27)24-15-8-6-14(12-23)7-9-15/h6-9H,2-5,10-11,13H2,1H3,(H,24,27). The maximum absolute atomic E-state index is 13.3. The predicted molar refractivity (Wildman–Crippen MR) is 123 cm³/mol. The second-order valence-corrected chi connectivity index (χ2v) is 9.29. The normalized spacial score (nSPS) is 13.0. The first-order valence-corrected chi connectivity index (χ1v) is 11.9. The zero-order chi connectivity index (χ0) is 21.8. The number of thiophene rings is 1. The summed E-state index contributed by atoms with van der Waals surface area (Å²) in [6.45, 7) is 0.785. The monoisotopic (exact) mass is 454 g/mol. The lowest BCUT2D eigenvalue weighted by atomic mass is 9.97. The van der Waals surface area contributed by atoms with E-state index in [1.54, 1.807) is 47.3 Å². The number of ether oxygens (including phenoxy) is 1. The molecule has 1 aliphatic rings.